The number of carbonyl (C=O) groups excluding carboxylic acids is 2. The first-order valence-corrected chi connectivity index (χ1v) is 12.1. The van der Waals surface area contributed by atoms with E-state index in [2.05, 4.69) is 57.6 Å². The maximum Gasteiger partial charge on any atom is 0.322 e. The average molecular weight is 515 g/mol. The molecule has 0 aliphatic carbocycles. The van der Waals surface area contributed by atoms with E-state index in [9.17, 15) is 9.59 Å². The maximum atomic E-state index is 13.2. The van der Waals surface area contributed by atoms with Crippen LogP contribution in [0.3, 0.4) is 0 Å². The molecular formula is C25H31BrN4O3. The number of urea groups is 1. The van der Waals surface area contributed by atoms with Gasteiger partial charge in [-0.25, -0.2) is 4.79 Å². The Bertz CT molecular complexity index is 1010. The zero-order valence-corrected chi connectivity index (χ0v) is 20.9. The zero-order chi connectivity index (χ0) is 23.5. The van der Waals surface area contributed by atoms with Gasteiger partial charge in [-0.15, -0.1) is 0 Å². The Labute approximate surface area is 203 Å². The molecule has 0 saturated carbocycles. The number of methoxy groups -OCH3 is 1. The SMILES string of the molecule is CO[C@@H]1C[C@H](C(=O)Nc2ccc3c(c2)CCN(C)CC3C)N(C(=O)Nc2ccc(Br)cc2)C1. The summed E-state index contributed by atoms with van der Waals surface area (Å²) in [5, 5.41) is 5.93. The Kier molecular flexibility index (Phi) is 7.36. The van der Waals surface area contributed by atoms with Crippen LogP contribution in [0.4, 0.5) is 16.2 Å². The highest BCUT2D eigenvalue weighted by Crippen LogP contribution is 2.28. The quantitative estimate of drug-likeness (QED) is 0.637. The van der Waals surface area contributed by atoms with Crippen LogP contribution >= 0.6 is 15.9 Å². The first-order chi connectivity index (χ1) is 15.8. The van der Waals surface area contributed by atoms with Crippen molar-refractivity contribution in [3.05, 3.63) is 58.1 Å². The summed E-state index contributed by atoms with van der Waals surface area (Å²) in [4.78, 5) is 30.1. The number of likely N-dealkylation sites (tertiary alicyclic amines) is 1. The lowest BCUT2D eigenvalue weighted by Crippen LogP contribution is -2.45. The van der Waals surface area contributed by atoms with Crippen LogP contribution in [0.15, 0.2) is 46.9 Å². The molecule has 33 heavy (non-hydrogen) atoms. The summed E-state index contributed by atoms with van der Waals surface area (Å²) < 4.78 is 6.42. The molecule has 1 fully saturated rings. The predicted octanol–water partition coefficient (Wildman–Crippen LogP) is 4.30. The highest BCUT2D eigenvalue weighted by atomic mass is 79.9. The Morgan fingerprint density at radius 1 is 1.06 bits per heavy atom. The first kappa shape index (κ1) is 23.7. The zero-order valence-electron chi connectivity index (χ0n) is 19.3. The molecule has 7 nitrogen and oxygen atoms in total. The minimum absolute atomic E-state index is 0.181. The van der Waals surface area contributed by atoms with E-state index in [1.54, 1.807) is 12.0 Å². The lowest BCUT2D eigenvalue weighted by molar-refractivity contribution is -0.119. The van der Waals surface area contributed by atoms with Gasteiger partial charge in [-0.3, -0.25) is 4.79 Å². The van der Waals surface area contributed by atoms with Crippen LogP contribution in [-0.4, -0.2) is 67.7 Å². The van der Waals surface area contributed by atoms with Crippen molar-refractivity contribution in [1.82, 2.24) is 9.80 Å². The number of carbonyl (C=O) groups is 2. The number of likely N-dealkylation sites (N-methyl/N-ethyl adjacent to an activating group) is 1. The van der Waals surface area contributed by atoms with Crippen molar-refractivity contribution < 1.29 is 14.3 Å². The summed E-state index contributed by atoms with van der Waals surface area (Å²) >= 11 is 3.39. The van der Waals surface area contributed by atoms with Crippen LogP contribution in [-0.2, 0) is 16.0 Å². The number of ether oxygens (including phenoxy) is 1. The van der Waals surface area contributed by atoms with Gasteiger partial charge in [0.15, 0.2) is 0 Å². The number of hydrogen-bond donors (Lipinski definition) is 2. The predicted molar refractivity (Wildman–Crippen MR) is 134 cm³/mol. The van der Waals surface area contributed by atoms with E-state index in [-0.39, 0.29) is 18.0 Å². The van der Waals surface area contributed by atoms with E-state index in [1.807, 2.05) is 30.3 Å². The summed E-state index contributed by atoms with van der Waals surface area (Å²) in [6.45, 7) is 4.63. The van der Waals surface area contributed by atoms with E-state index in [0.717, 1.165) is 29.7 Å². The van der Waals surface area contributed by atoms with Gasteiger partial charge in [0.05, 0.1) is 6.10 Å². The maximum absolute atomic E-state index is 13.2. The third kappa shape index (κ3) is 5.57. The molecule has 0 aromatic heterocycles. The normalized spacial score (nSPS) is 23.0. The molecule has 2 aromatic carbocycles. The average Bonchev–Trinajstić information content (AvgIpc) is 3.18. The van der Waals surface area contributed by atoms with E-state index in [1.165, 1.54) is 11.1 Å². The van der Waals surface area contributed by atoms with Gasteiger partial charge in [-0.2, -0.15) is 0 Å². The summed E-state index contributed by atoms with van der Waals surface area (Å²) in [6, 6.07) is 12.6. The smallest absolute Gasteiger partial charge is 0.322 e. The molecular weight excluding hydrogens is 484 g/mol. The van der Waals surface area contributed by atoms with Crippen LogP contribution in [0.5, 0.6) is 0 Å². The summed E-state index contributed by atoms with van der Waals surface area (Å²) in [5.41, 5.74) is 4.06. The highest BCUT2D eigenvalue weighted by molar-refractivity contribution is 9.10. The van der Waals surface area contributed by atoms with Crippen molar-refractivity contribution in [3.8, 4) is 0 Å². The van der Waals surface area contributed by atoms with Gasteiger partial charge in [0.25, 0.3) is 0 Å². The van der Waals surface area contributed by atoms with Crippen LogP contribution in [0.1, 0.15) is 30.4 Å². The number of benzene rings is 2. The van der Waals surface area contributed by atoms with Gasteiger partial charge in [-0.1, -0.05) is 28.9 Å². The van der Waals surface area contributed by atoms with Crippen molar-refractivity contribution in [1.29, 1.82) is 0 Å². The van der Waals surface area contributed by atoms with Crippen LogP contribution in [0.2, 0.25) is 0 Å². The van der Waals surface area contributed by atoms with Crippen molar-refractivity contribution in [2.75, 3.05) is 44.4 Å². The molecule has 2 aliphatic rings. The molecule has 8 heteroatoms. The topological polar surface area (TPSA) is 73.9 Å². The van der Waals surface area contributed by atoms with Crippen molar-refractivity contribution in [3.63, 3.8) is 0 Å². The number of rotatable bonds is 4. The summed E-state index contributed by atoms with van der Waals surface area (Å²) in [7, 11) is 3.76. The fraction of sp³-hybridized carbons (Fsp3) is 0.440. The van der Waals surface area contributed by atoms with Gasteiger partial charge in [0, 0.05) is 49.0 Å². The molecule has 0 bridgehead atoms. The molecule has 176 valence electrons. The Hall–Kier alpha value is -2.42. The lowest BCUT2D eigenvalue weighted by atomic mass is 9.95. The second-order valence-corrected chi connectivity index (χ2v) is 9.93. The largest absolute Gasteiger partial charge is 0.380 e. The molecule has 4 rings (SSSR count). The van der Waals surface area contributed by atoms with E-state index in [0.29, 0.717) is 24.6 Å². The van der Waals surface area contributed by atoms with E-state index < -0.39 is 6.04 Å². The van der Waals surface area contributed by atoms with Gasteiger partial charge in [-0.05, 0) is 66.9 Å². The molecule has 2 heterocycles. The summed E-state index contributed by atoms with van der Waals surface area (Å²) in [5.74, 6) is 0.256. The van der Waals surface area contributed by atoms with Crippen molar-refractivity contribution >= 4 is 39.2 Å². The Morgan fingerprint density at radius 3 is 2.52 bits per heavy atom. The van der Waals surface area contributed by atoms with Crippen LogP contribution in [0, 0.1) is 0 Å². The Morgan fingerprint density at radius 2 is 1.79 bits per heavy atom. The highest BCUT2D eigenvalue weighted by Gasteiger charge is 2.40. The van der Waals surface area contributed by atoms with Crippen LogP contribution < -0.4 is 10.6 Å². The van der Waals surface area contributed by atoms with Gasteiger partial charge < -0.3 is 25.2 Å². The standard InChI is InChI=1S/C25H31BrN4O3/c1-16-14-29(2)11-10-17-12-20(8-9-22(16)17)27-24(31)23-13-21(33-3)15-30(23)25(32)28-19-6-4-18(26)5-7-19/h4-9,12,16,21,23H,10-11,13-15H2,1-3H3,(H,27,31)(H,28,32)/t16?,21-,23-/m1/s1. The van der Waals surface area contributed by atoms with Crippen molar-refractivity contribution in [2.45, 2.75) is 37.8 Å². The van der Waals surface area contributed by atoms with Gasteiger partial charge in [0.1, 0.15) is 6.04 Å². The van der Waals surface area contributed by atoms with E-state index in [4.69, 9.17) is 4.74 Å². The molecule has 1 unspecified atom stereocenters. The number of nitrogens with one attached hydrogen (secondary N) is 2. The second kappa shape index (κ2) is 10.2. The third-order valence-electron chi connectivity index (χ3n) is 6.54. The number of halogens is 1. The van der Waals surface area contributed by atoms with E-state index >= 15 is 0 Å². The first-order valence-electron chi connectivity index (χ1n) is 11.3. The molecule has 0 radical (unpaired) electrons. The number of hydrogen-bond acceptors (Lipinski definition) is 4. The molecule has 2 N–H and O–H groups in total. The lowest BCUT2D eigenvalue weighted by Gasteiger charge is -2.24. The fourth-order valence-electron chi connectivity index (χ4n) is 4.74. The molecule has 3 amide bonds. The third-order valence-corrected chi connectivity index (χ3v) is 7.07. The van der Waals surface area contributed by atoms with Gasteiger partial charge >= 0.3 is 6.03 Å². The monoisotopic (exact) mass is 514 g/mol. The molecule has 1 saturated heterocycles. The minimum Gasteiger partial charge on any atom is -0.380 e. The number of amides is 3. The molecule has 0 spiro atoms. The Balaban J connectivity index is 1.47. The second-order valence-electron chi connectivity index (χ2n) is 9.01. The molecule has 2 aliphatic heterocycles. The number of nitrogens with zero attached hydrogens (tertiary/aromatic N) is 2. The number of anilines is 2. The van der Waals surface area contributed by atoms with Crippen LogP contribution in [0.25, 0.3) is 0 Å². The fourth-order valence-corrected chi connectivity index (χ4v) is 5.01. The molecule has 3 atom stereocenters. The van der Waals surface area contributed by atoms with Crippen molar-refractivity contribution in [2.24, 2.45) is 0 Å². The van der Waals surface area contributed by atoms with Gasteiger partial charge in [0.2, 0.25) is 5.91 Å². The summed E-state index contributed by atoms with van der Waals surface area (Å²) in [6.07, 6.45) is 1.24. The molecule has 2 aromatic rings. The minimum atomic E-state index is -0.603. The number of fused-ring (bicyclic) bond motifs is 1.